The van der Waals surface area contributed by atoms with Crippen molar-refractivity contribution in [2.75, 3.05) is 0 Å². The summed E-state index contributed by atoms with van der Waals surface area (Å²) in [4.78, 5) is 12.0. The summed E-state index contributed by atoms with van der Waals surface area (Å²) < 4.78 is 12.4. The molecule has 0 aromatic carbocycles. The molecule has 0 aliphatic heterocycles. The Labute approximate surface area is 164 Å². The van der Waals surface area contributed by atoms with Gasteiger partial charge >= 0.3 is 165 Å². The summed E-state index contributed by atoms with van der Waals surface area (Å²) in [6.07, 6.45) is 13.5. The monoisotopic (exact) mass is 469 g/mol. The van der Waals surface area contributed by atoms with Gasteiger partial charge in [-0.25, -0.2) is 0 Å². The van der Waals surface area contributed by atoms with Crippen molar-refractivity contribution < 1.29 is 9.21 Å². The molecule has 0 radical (unpaired) electrons. The third-order valence-electron chi connectivity index (χ3n) is 5.13. The fraction of sp³-hybridized carbons (Fsp3) is 0.682. The standard InChI is InChI=1S/C10H12NO2.3C4H9.Sn/c1-2-3-6-10(12)11-8-9-5-4-7-13-9;3*1-3-4-2;/h1-2,4-5,7H,3,6,8H2,(H,11,12);3*1,3-4H2,2H3;. The molecule has 1 rings (SSSR count). The molecule has 0 fully saturated rings. The summed E-state index contributed by atoms with van der Waals surface area (Å²) >= 11 is -2.17. The summed E-state index contributed by atoms with van der Waals surface area (Å²) in [6, 6.07) is 3.73. The zero-order valence-corrected chi connectivity index (χ0v) is 20.0. The third-order valence-corrected chi connectivity index (χ3v) is 19.4. The number of amides is 1. The van der Waals surface area contributed by atoms with Gasteiger partial charge in [0.05, 0.1) is 0 Å². The topological polar surface area (TPSA) is 42.2 Å². The van der Waals surface area contributed by atoms with Crippen LogP contribution in [0.4, 0.5) is 0 Å². The second-order valence-electron chi connectivity index (χ2n) is 7.47. The van der Waals surface area contributed by atoms with Gasteiger partial charge in [-0.05, 0) is 0 Å². The maximum atomic E-state index is 12.0. The van der Waals surface area contributed by atoms with E-state index in [0.717, 1.165) is 12.2 Å². The van der Waals surface area contributed by atoms with Crippen LogP contribution in [0.3, 0.4) is 0 Å². The van der Waals surface area contributed by atoms with Gasteiger partial charge in [0, 0.05) is 0 Å². The van der Waals surface area contributed by atoms with Crippen LogP contribution in [0.25, 0.3) is 0 Å². The molecule has 1 amide bonds. The Hall–Kier alpha value is -0.711. The van der Waals surface area contributed by atoms with Gasteiger partial charge in [0.15, 0.2) is 0 Å². The van der Waals surface area contributed by atoms with E-state index < -0.39 is 18.4 Å². The maximum absolute atomic E-state index is 12.0. The fourth-order valence-corrected chi connectivity index (χ4v) is 18.0. The van der Waals surface area contributed by atoms with E-state index in [2.05, 4.69) is 36.3 Å². The minimum atomic E-state index is -2.17. The molecule has 148 valence electrons. The van der Waals surface area contributed by atoms with Crippen molar-refractivity contribution in [1.29, 1.82) is 0 Å². The second-order valence-corrected chi connectivity index (χ2v) is 20.5. The predicted octanol–water partition coefficient (Wildman–Crippen LogP) is 6.62. The molecule has 3 nitrogen and oxygen atoms in total. The van der Waals surface area contributed by atoms with Crippen LogP contribution in [0.2, 0.25) is 13.3 Å². The van der Waals surface area contributed by atoms with E-state index in [1.807, 2.05) is 12.1 Å². The predicted molar refractivity (Wildman–Crippen MR) is 114 cm³/mol. The van der Waals surface area contributed by atoms with Crippen molar-refractivity contribution >= 4 is 24.3 Å². The van der Waals surface area contributed by atoms with E-state index in [0.29, 0.717) is 13.0 Å². The summed E-state index contributed by atoms with van der Waals surface area (Å²) in [7, 11) is 0. The summed E-state index contributed by atoms with van der Waals surface area (Å²) in [5.41, 5.74) is 0. The minimum absolute atomic E-state index is 0.113. The SMILES string of the molecule is CCC[CH2][Sn](/[CH]=C/CCC(=O)NCc1ccco1)([CH2]CCC)[CH2]CCC. The number of hydrogen-bond acceptors (Lipinski definition) is 2. The molecular weight excluding hydrogens is 429 g/mol. The van der Waals surface area contributed by atoms with E-state index in [-0.39, 0.29) is 5.91 Å². The first-order chi connectivity index (χ1) is 12.7. The number of carbonyl (C=O) groups is 1. The first kappa shape index (κ1) is 23.3. The molecule has 0 spiro atoms. The molecule has 1 aromatic heterocycles. The van der Waals surface area contributed by atoms with Crippen LogP contribution in [0.1, 0.15) is 77.9 Å². The van der Waals surface area contributed by atoms with Crippen molar-refractivity contribution in [1.82, 2.24) is 5.32 Å². The first-order valence-electron chi connectivity index (χ1n) is 10.6. The Morgan fingerprint density at radius 2 is 1.69 bits per heavy atom. The molecule has 1 aromatic rings. The van der Waals surface area contributed by atoms with Crippen molar-refractivity contribution in [2.45, 2.75) is 92.0 Å². The Morgan fingerprint density at radius 3 is 2.19 bits per heavy atom. The summed E-state index contributed by atoms with van der Waals surface area (Å²) in [5, 5.41) is 2.94. The van der Waals surface area contributed by atoms with Gasteiger partial charge in [0.2, 0.25) is 0 Å². The van der Waals surface area contributed by atoms with Crippen LogP contribution in [-0.4, -0.2) is 24.3 Å². The van der Waals surface area contributed by atoms with Crippen LogP contribution in [0.5, 0.6) is 0 Å². The van der Waals surface area contributed by atoms with Crippen LogP contribution in [0, 0.1) is 0 Å². The van der Waals surface area contributed by atoms with Gasteiger partial charge in [0.25, 0.3) is 0 Å². The second kappa shape index (κ2) is 14.4. The van der Waals surface area contributed by atoms with Crippen molar-refractivity contribution in [3.05, 3.63) is 34.3 Å². The molecule has 0 atom stereocenters. The summed E-state index contributed by atoms with van der Waals surface area (Å²) in [5.74, 6) is 0.922. The van der Waals surface area contributed by atoms with Gasteiger partial charge in [-0.2, -0.15) is 0 Å². The van der Waals surface area contributed by atoms with Crippen LogP contribution >= 0.6 is 0 Å². The van der Waals surface area contributed by atoms with Gasteiger partial charge in [-0.3, -0.25) is 0 Å². The number of allylic oxidation sites excluding steroid dienone is 1. The molecule has 0 aliphatic rings. The van der Waals surface area contributed by atoms with Crippen molar-refractivity contribution in [3.8, 4) is 0 Å². The average Bonchev–Trinajstić information content (AvgIpc) is 3.18. The molecule has 26 heavy (non-hydrogen) atoms. The zero-order chi connectivity index (χ0) is 19.1. The first-order valence-corrected chi connectivity index (χ1v) is 18.3. The van der Waals surface area contributed by atoms with E-state index in [9.17, 15) is 4.79 Å². The fourth-order valence-electron chi connectivity index (χ4n) is 3.45. The normalized spacial score (nSPS) is 12.0. The van der Waals surface area contributed by atoms with E-state index in [4.69, 9.17) is 4.42 Å². The van der Waals surface area contributed by atoms with Gasteiger partial charge in [0.1, 0.15) is 0 Å². The van der Waals surface area contributed by atoms with Gasteiger partial charge < -0.3 is 0 Å². The molecule has 1 heterocycles. The van der Waals surface area contributed by atoms with E-state index in [1.54, 1.807) is 6.26 Å². The van der Waals surface area contributed by atoms with Crippen molar-refractivity contribution in [3.63, 3.8) is 0 Å². The number of furan rings is 1. The molecule has 0 saturated carbocycles. The Bertz CT molecular complexity index is 474. The molecule has 1 N–H and O–H groups in total. The zero-order valence-electron chi connectivity index (χ0n) is 17.2. The molecule has 0 bridgehead atoms. The number of nitrogens with one attached hydrogen (secondary N) is 1. The number of unbranched alkanes of at least 4 members (excludes halogenated alkanes) is 3. The Kier molecular flexibility index (Phi) is 12.9. The van der Waals surface area contributed by atoms with Gasteiger partial charge in [-0.1, -0.05) is 0 Å². The van der Waals surface area contributed by atoms with Crippen LogP contribution in [0.15, 0.2) is 33.0 Å². The van der Waals surface area contributed by atoms with Gasteiger partial charge in [-0.15, -0.1) is 0 Å². The van der Waals surface area contributed by atoms with E-state index >= 15 is 0 Å². The third kappa shape index (κ3) is 9.84. The Morgan fingerprint density at radius 1 is 1.08 bits per heavy atom. The number of rotatable bonds is 15. The molecule has 4 heteroatoms. The Balaban J connectivity index is 2.50. The van der Waals surface area contributed by atoms with Crippen molar-refractivity contribution in [2.24, 2.45) is 0 Å². The molecular formula is C22H39NO2Sn. The van der Waals surface area contributed by atoms with E-state index in [1.165, 1.54) is 51.8 Å². The quantitative estimate of drug-likeness (QED) is 0.294. The molecule has 0 saturated heterocycles. The molecule has 0 aliphatic carbocycles. The average molecular weight is 468 g/mol. The summed E-state index contributed by atoms with van der Waals surface area (Å²) in [6.45, 7) is 7.41. The van der Waals surface area contributed by atoms with Crippen LogP contribution in [-0.2, 0) is 11.3 Å². The van der Waals surface area contributed by atoms with Crippen LogP contribution < -0.4 is 5.32 Å². The molecule has 0 unspecified atom stereocenters. The number of hydrogen-bond donors (Lipinski definition) is 1. The number of carbonyl (C=O) groups excluding carboxylic acids is 1.